The highest BCUT2D eigenvalue weighted by Gasteiger charge is 2.43. The number of carbonyl (C=O) groups excluding carboxylic acids is 1. The Morgan fingerprint density at radius 1 is 1.09 bits per heavy atom. The number of benzene rings is 2. The molecule has 0 radical (unpaired) electrons. The van der Waals surface area contributed by atoms with Gasteiger partial charge in [0.25, 0.3) is 0 Å². The molecule has 114 valence electrons. The van der Waals surface area contributed by atoms with Gasteiger partial charge in [-0.05, 0) is 24.0 Å². The van der Waals surface area contributed by atoms with Gasteiger partial charge in [0, 0.05) is 0 Å². The minimum absolute atomic E-state index is 0.104. The Balaban J connectivity index is 1.95. The first kappa shape index (κ1) is 14.8. The second-order valence-electron chi connectivity index (χ2n) is 5.62. The summed E-state index contributed by atoms with van der Waals surface area (Å²) in [5, 5.41) is 0. The average Bonchev–Trinajstić information content (AvgIpc) is 3.01. The largest absolute Gasteiger partial charge is 0.469 e. The standard InChI is InChI=1S/C19H20O3/c1-21-18(20)14-17-12-13-19(22-17,15-8-4-2-5-9-15)16-10-6-3-7-11-16/h2-11,17H,12-14H2,1H3. The van der Waals surface area contributed by atoms with Gasteiger partial charge in [-0.3, -0.25) is 4.79 Å². The highest BCUT2D eigenvalue weighted by atomic mass is 16.5. The Morgan fingerprint density at radius 3 is 2.14 bits per heavy atom. The molecule has 1 aliphatic rings. The zero-order valence-electron chi connectivity index (χ0n) is 12.7. The van der Waals surface area contributed by atoms with Gasteiger partial charge in [-0.25, -0.2) is 0 Å². The molecule has 0 bridgehead atoms. The van der Waals surface area contributed by atoms with Gasteiger partial charge in [0.2, 0.25) is 0 Å². The van der Waals surface area contributed by atoms with Crippen LogP contribution in [-0.2, 0) is 19.9 Å². The van der Waals surface area contributed by atoms with Crippen LogP contribution in [0.15, 0.2) is 60.7 Å². The molecule has 0 spiro atoms. The normalized spacial score (nSPS) is 19.8. The fourth-order valence-corrected chi connectivity index (χ4v) is 3.19. The van der Waals surface area contributed by atoms with Gasteiger partial charge in [0.15, 0.2) is 0 Å². The summed E-state index contributed by atoms with van der Waals surface area (Å²) in [5.41, 5.74) is 1.79. The molecule has 0 saturated carbocycles. The maximum absolute atomic E-state index is 11.5. The molecular formula is C19H20O3. The summed E-state index contributed by atoms with van der Waals surface area (Å²) < 4.78 is 11.2. The van der Waals surface area contributed by atoms with E-state index in [1.54, 1.807) is 0 Å². The van der Waals surface area contributed by atoms with Gasteiger partial charge < -0.3 is 9.47 Å². The van der Waals surface area contributed by atoms with Crippen LogP contribution in [0.25, 0.3) is 0 Å². The number of esters is 1. The first-order chi connectivity index (χ1) is 10.7. The van der Waals surface area contributed by atoms with E-state index in [2.05, 4.69) is 24.3 Å². The van der Waals surface area contributed by atoms with Crippen molar-refractivity contribution in [3.8, 4) is 0 Å². The highest BCUT2D eigenvalue weighted by molar-refractivity contribution is 5.69. The summed E-state index contributed by atoms with van der Waals surface area (Å²) in [5.74, 6) is -0.220. The first-order valence-electron chi connectivity index (χ1n) is 7.60. The molecular weight excluding hydrogens is 276 g/mol. The van der Waals surface area contributed by atoms with Crippen LogP contribution in [0.4, 0.5) is 0 Å². The molecule has 22 heavy (non-hydrogen) atoms. The fraction of sp³-hybridized carbons (Fsp3) is 0.316. The van der Waals surface area contributed by atoms with Crippen molar-refractivity contribution in [3.05, 3.63) is 71.8 Å². The van der Waals surface area contributed by atoms with Crippen molar-refractivity contribution in [2.45, 2.75) is 31.0 Å². The van der Waals surface area contributed by atoms with Crippen molar-refractivity contribution in [3.63, 3.8) is 0 Å². The van der Waals surface area contributed by atoms with Gasteiger partial charge in [0.1, 0.15) is 5.60 Å². The molecule has 0 aliphatic carbocycles. The van der Waals surface area contributed by atoms with Crippen LogP contribution in [0, 0.1) is 0 Å². The van der Waals surface area contributed by atoms with Crippen molar-refractivity contribution < 1.29 is 14.3 Å². The highest BCUT2D eigenvalue weighted by Crippen LogP contribution is 2.45. The number of rotatable bonds is 4. The van der Waals surface area contributed by atoms with E-state index in [1.807, 2.05) is 36.4 Å². The van der Waals surface area contributed by atoms with E-state index >= 15 is 0 Å². The molecule has 0 amide bonds. The summed E-state index contributed by atoms with van der Waals surface area (Å²) >= 11 is 0. The first-order valence-corrected chi connectivity index (χ1v) is 7.60. The third kappa shape index (κ3) is 2.77. The van der Waals surface area contributed by atoms with Crippen molar-refractivity contribution >= 4 is 5.97 Å². The van der Waals surface area contributed by atoms with Crippen molar-refractivity contribution in [1.82, 2.24) is 0 Å². The Kier molecular flexibility index (Phi) is 4.25. The zero-order valence-corrected chi connectivity index (χ0v) is 12.7. The Labute approximate surface area is 130 Å². The smallest absolute Gasteiger partial charge is 0.308 e. The molecule has 1 atom stereocenters. The second-order valence-corrected chi connectivity index (χ2v) is 5.62. The lowest BCUT2D eigenvalue weighted by Crippen LogP contribution is -2.28. The topological polar surface area (TPSA) is 35.5 Å². The Bertz CT molecular complexity index is 582. The van der Waals surface area contributed by atoms with Crippen LogP contribution in [0.3, 0.4) is 0 Å². The van der Waals surface area contributed by atoms with Crippen molar-refractivity contribution in [1.29, 1.82) is 0 Å². The van der Waals surface area contributed by atoms with E-state index in [0.29, 0.717) is 6.42 Å². The molecule has 0 aromatic heterocycles. The Morgan fingerprint density at radius 2 is 1.64 bits per heavy atom. The zero-order chi connectivity index (χ0) is 15.4. The summed E-state index contributed by atoms with van der Waals surface area (Å²) in [7, 11) is 1.42. The van der Waals surface area contributed by atoms with Gasteiger partial charge in [-0.1, -0.05) is 60.7 Å². The lowest BCUT2D eigenvalue weighted by Gasteiger charge is -2.31. The molecule has 2 aromatic rings. The van der Waals surface area contributed by atoms with E-state index in [0.717, 1.165) is 24.0 Å². The molecule has 1 heterocycles. The maximum atomic E-state index is 11.5. The molecule has 1 aliphatic heterocycles. The van der Waals surface area contributed by atoms with Crippen LogP contribution in [-0.4, -0.2) is 19.2 Å². The monoisotopic (exact) mass is 296 g/mol. The number of hydrogen-bond acceptors (Lipinski definition) is 3. The van der Waals surface area contributed by atoms with Gasteiger partial charge >= 0.3 is 5.97 Å². The van der Waals surface area contributed by atoms with Crippen LogP contribution < -0.4 is 0 Å². The third-order valence-corrected chi connectivity index (χ3v) is 4.29. The summed E-state index contributed by atoms with van der Waals surface area (Å²) in [4.78, 5) is 11.5. The van der Waals surface area contributed by atoms with E-state index in [-0.39, 0.29) is 12.1 Å². The molecule has 3 rings (SSSR count). The lowest BCUT2D eigenvalue weighted by atomic mass is 9.84. The third-order valence-electron chi connectivity index (χ3n) is 4.29. The minimum Gasteiger partial charge on any atom is -0.469 e. The van der Waals surface area contributed by atoms with Crippen LogP contribution in [0.2, 0.25) is 0 Å². The number of methoxy groups -OCH3 is 1. The molecule has 2 aromatic carbocycles. The summed E-state index contributed by atoms with van der Waals surface area (Å²) in [6.07, 6.45) is 1.91. The van der Waals surface area contributed by atoms with Crippen molar-refractivity contribution in [2.24, 2.45) is 0 Å². The van der Waals surface area contributed by atoms with E-state index in [1.165, 1.54) is 7.11 Å². The summed E-state index contributed by atoms with van der Waals surface area (Å²) in [6, 6.07) is 20.5. The Hall–Kier alpha value is -2.13. The summed E-state index contributed by atoms with van der Waals surface area (Å²) in [6.45, 7) is 0. The minimum atomic E-state index is -0.471. The molecule has 1 unspecified atom stereocenters. The predicted octanol–water partition coefficient (Wildman–Crippen LogP) is 3.67. The maximum Gasteiger partial charge on any atom is 0.308 e. The number of carbonyl (C=O) groups is 1. The molecule has 1 saturated heterocycles. The van der Waals surface area contributed by atoms with Gasteiger partial charge in [0.05, 0.1) is 19.6 Å². The second kappa shape index (κ2) is 6.32. The fourth-order valence-electron chi connectivity index (χ4n) is 3.19. The molecule has 3 heteroatoms. The number of ether oxygens (including phenoxy) is 2. The predicted molar refractivity (Wildman–Crippen MR) is 84.4 cm³/mol. The van der Waals surface area contributed by atoms with E-state index < -0.39 is 5.60 Å². The number of hydrogen-bond donors (Lipinski definition) is 0. The lowest BCUT2D eigenvalue weighted by molar-refractivity contribution is -0.144. The molecule has 1 fully saturated rings. The SMILES string of the molecule is COC(=O)CC1CCC(c2ccccc2)(c2ccccc2)O1. The molecule has 0 N–H and O–H groups in total. The van der Waals surface area contributed by atoms with Crippen LogP contribution in [0.1, 0.15) is 30.4 Å². The van der Waals surface area contributed by atoms with Crippen molar-refractivity contribution in [2.75, 3.05) is 7.11 Å². The van der Waals surface area contributed by atoms with Crippen LogP contribution >= 0.6 is 0 Å². The molecule has 3 nitrogen and oxygen atoms in total. The van der Waals surface area contributed by atoms with E-state index in [4.69, 9.17) is 9.47 Å². The van der Waals surface area contributed by atoms with E-state index in [9.17, 15) is 4.79 Å². The quantitative estimate of drug-likeness (QED) is 0.808. The van der Waals surface area contributed by atoms with Gasteiger partial charge in [-0.2, -0.15) is 0 Å². The average molecular weight is 296 g/mol. The van der Waals surface area contributed by atoms with Gasteiger partial charge in [-0.15, -0.1) is 0 Å². The van der Waals surface area contributed by atoms with Crippen LogP contribution in [0.5, 0.6) is 0 Å².